The van der Waals surface area contributed by atoms with Crippen molar-refractivity contribution in [3.8, 4) is 0 Å². The van der Waals surface area contributed by atoms with Crippen molar-refractivity contribution in [2.45, 2.75) is 12.2 Å². The van der Waals surface area contributed by atoms with Gasteiger partial charge in [0.1, 0.15) is 0 Å². The Labute approximate surface area is 128 Å². The molecule has 1 aliphatic rings. The van der Waals surface area contributed by atoms with Gasteiger partial charge >= 0.3 is 0 Å². The average Bonchev–Trinajstić information content (AvgIpc) is 2.51. The molecule has 3 rings (SSSR count). The summed E-state index contributed by atoms with van der Waals surface area (Å²) in [5.41, 5.74) is 2.11. The van der Waals surface area contributed by atoms with Gasteiger partial charge in [-0.3, -0.25) is 0 Å². The SMILES string of the molecule is Clc1cccc(C2CNCC(c3ccccc3)O2)c1Cl. The van der Waals surface area contributed by atoms with Crippen LogP contribution in [0.3, 0.4) is 0 Å². The number of rotatable bonds is 2. The first-order valence-corrected chi connectivity index (χ1v) is 7.36. The molecule has 2 atom stereocenters. The Bertz CT molecular complexity index is 588. The van der Waals surface area contributed by atoms with Crippen LogP contribution < -0.4 is 5.32 Å². The quantitative estimate of drug-likeness (QED) is 0.888. The fourth-order valence-electron chi connectivity index (χ4n) is 2.46. The number of benzene rings is 2. The molecule has 0 bridgehead atoms. The van der Waals surface area contributed by atoms with Crippen molar-refractivity contribution in [3.63, 3.8) is 0 Å². The fourth-order valence-corrected chi connectivity index (χ4v) is 2.89. The van der Waals surface area contributed by atoms with Gasteiger partial charge in [-0.15, -0.1) is 0 Å². The molecule has 20 heavy (non-hydrogen) atoms. The molecule has 2 aromatic carbocycles. The maximum Gasteiger partial charge on any atom is 0.0973 e. The van der Waals surface area contributed by atoms with Gasteiger partial charge < -0.3 is 10.1 Å². The third-order valence-corrected chi connectivity index (χ3v) is 4.32. The minimum atomic E-state index is -0.0832. The number of morpholine rings is 1. The summed E-state index contributed by atoms with van der Waals surface area (Å²) < 4.78 is 6.19. The average molecular weight is 308 g/mol. The molecule has 104 valence electrons. The molecule has 0 saturated carbocycles. The Hall–Kier alpha value is -1.06. The topological polar surface area (TPSA) is 21.3 Å². The van der Waals surface area contributed by atoms with Crippen molar-refractivity contribution < 1.29 is 4.74 Å². The summed E-state index contributed by atoms with van der Waals surface area (Å²) in [6.07, 6.45) is -0.0508. The van der Waals surface area contributed by atoms with Crippen LogP contribution in [0.25, 0.3) is 0 Å². The molecule has 4 heteroatoms. The minimum absolute atomic E-state index is 0.0324. The smallest absolute Gasteiger partial charge is 0.0973 e. The molecule has 0 spiro atoms. The summed E-state index contributed by atoms with van der Waals surface area (Å²) in [6, 6.07) is 15.9. The molecule has 2 aromatic rings. The zero-order chi connectivity index (χ0) is 13.9. The maximum absolute atomic E-state index is 6.28. The van der Waals surface area contributed by atoms with Gasteiger partial charge in [0.2, 0.25) is 0 Å². The zero-order valence-electron chi connectivity index (χ0n) is 10.9. The Kier molecular flexibility index (Phi) is 4.27. The second kappa shape index (κ2) is 6.15. The van der Waals surface area contributed by atoms with E-state index in [1.807, 2.05) is 30.3 Å². The monoisotopic (exact) mass is 307 g/mol. The van der Waals surface area contributed by atoms with E-state index in [0.717, 1.165) is 18.7 Å². The van der Waals surface area contributed by atoms with E-state index in [1.165, 1.54) is 5.56 Å². The normalized spacial score (nSPS) is 22.7. The van der Waals surface area contributed by atoms with E-state index in [-0.39, 0.29) is 12.2 Å². The first-order valence-electron chi connectivity index (χ1n) is 6.61. The van der Waals surface area contributed by atoms with Crippen LogP contribution in [-0.4, -0.2) is 13.1 Å². The summed E-state index contributed by atoms with van der Waals surface area (Å²) in [5, 5.41) is 4.54. The van der Waals surface area contributed by atoms with E-state index in [4.69, 9.17) is 27.9 Å². The third kappa shape index (κ3) is 2.84. The van der Waals surface area contributed by atoms with Crippen molar-refractivity contribution in [2.24, 2.45) is 0 Å². The van der Waals surface area contributed by atoms with Crippen LogP contribution in [-0.2, 0) is 4.74 Å². The number of hydrogen-bond acceptors (Lipinski definition) is 2. The fraction of sp³-hybridized carbons (Fsp3) is 0.250. The second-order valence-electron chi connectivity index (χ2n) is 4.83. The predicted molar refractivity (Wildman–Crippen MR) is 82.3 cm³/mol. The van der Waals surface area contributed by atoms with E-state index in [9.17, 15) is 0 Å². The molecule has 1 saturated heterocycles. The molecule has 2 unspecified atom stereocenters. The number of halogens is 2. The highest BCUT2D eigenvalue weighted by Crippen LogP contribution is 2.35. The van der Waals surface area contributed by atoms with E-state index < -0.39 is 0 Å². The van der Waals surface area contributed by atoms with E-state index >= 15 is 0 Å². The lowest BCUT2D eigenvalue weighted by molar-refractivity contribution is -0.0405. The molecule has 0 amide bonds. The molecular weight excluding hydrogens is 293 g/mol. The van der Waals surface area contributed by atoms with Crippen molar-refractivity contribution in [1.29, 1.82) is 0 Å². The van der Waals surface area contributed by atoms with Crippen molar-refractivity contribution in [1.82, 2.24) is 5.32 Å². The van der Waals surface area contributed by atoms with Crippen LogP contribution >= 0.6 is 23.2 Å². The maximum atomic E-state index is 6.28. The Morgan fingerprint density at radius 1 is 0.900 bits per heavy atom. The Morgan fingerprint density at radius 3 is 2.45 bits per heavy atom. The van der Waals surface area contributed by atoms with Crippen LogP contribution in [0.5, 0.6) is 0 Å². The summed E-state index contributed by atoms with van der Waals surface area (Å²) in [4.78, 5) is 0. The van der Waals surface area contributed by atoms with Gasteiger partial charge in [-0.2, -0.15) is 0 Å². The molecule has 0 aliphatic carbocycles. The van der Waals surface area contributed by atoms with Gasteiger partial charge in [0, 0.05) is 18.7 Å². The molecule has 1 heterocycles. The highest BCUT2D eigenvalue weighted by atomic mass is 35.5. The van der Waals surface area contributed by atoms with Gasteiger partial charge in [0.05, 0.1) is 22.3 Å². The first kappa shape index (κ1) is 13.9. The minimum Gasteiger partial charge on any atom is -0.363 e. The summed E-state index contributed by atoms with van der Waals surface area (Å²) in [7, 11) is 0. The van der Waals surface area contributed by atoms with Crippen molar-refractivity contribution >= 4 is 23.2 Å². The van der Waals surface area contributed by atoms with Gasteiger partial charge in [-0.05, 0) is 11.6 Å². The lowest BCUT2D eigenvalue weighted by atomic mass is 10.0. The summed E-state index contributed by atoms with van der Waals surface area (Å²) in [5.74, 6) is 0. The van der Waals surface area contributed by atoms with Gasteiger partial charge in [-0.1, -0.05) is 65.7 Å². The summed E-state index contributed by atoms with van der Waals surface area (Å²) in [6.45, 7) is 1.54. The van der Waals surface area contributed by atoms with E-state index in [1.54, 1.807) is 6.07 Å². The highest BCUT2D eigenvalue weighted by Gasteiger charge is 2.26. The van der Waals surface area contributed by atoms with Gasteiger partial charge in [-0.25, -0.2) is 0 Å². The second-order valence-corrected chi connectivity index (χ2v) is 5.61. The van der Waals surface area contributed by atoms with Crippen LogP contribution in [0.15, 0.2) is 48.5 Å². The zero-order valence-corrected chi connectivity index (χ0v) is 12.4. The Balaban J connectivity index is 1.83. The number of nitrogens with one attached hydrogen (secondary N) is 1. The molecule has 0 aromatic heterocycles. The Morgan fingerprint density at radius 2 is 1.65 bits per heavy atom. The molecule has 1 N–H and O–H groups in total. The van der Waals surface area contributed by atoms with Gasteiger partial charge in [0.25, 0.3) is 0 Å². The molecule has 1 aliphatic heterocycles. The first-order chi connectivity index (χ1) is 9.75. The van der Waals surface area contributed by atoms with Crippen LogP contribution in [0, 0.1) is 0 Å². The summed E-state index contributed by atoms with van der Waals surface area (Å²) >= 11 is 12.4. The molecule has 2 nitrogen and oxygen atoms in total. The molecule has 1 fully saturated rings. The van der Waals surface area contributed by atoms with Crippen LogP contribution in [0.2, 0.25) is 10.0 Å². The molecular formula is C16H15Cl2NO. The van der Waals surface area contributed by atoms with Gasteiger partial charge in [0.15, 0.2) is 0 Å². The standard InChI is InChI=1S/C16H15Cl2NO/c17-13-8-4-7-12(16(13)18)15-10-19-9-14(20-15)11-5-2-1-3-6-11/h1-8,14-15,19H,9-10H2. The van der Waals surface area contributed by atoms with Crippen molar-refractivity contribution in [2.75, 3.05) is 13.1 Å². The largest absolute Gasteiger partial charge is 0.363 e. The van der Waals surface area contributed by atoms with Crippen LogP contribution in [0.4, 0.5) is 0 Å². The van der Waals surface area contributed by atoms with E-state index in [2.05, 4.69) is 17.4 Å². The number of ether oxygens (including phenoxy) is 1. The number of hydrogen-bond donors (Lipinski definition) is 1. The van der Waals surface area contributed by atoms with Crippen LogP contribution in [0.1, 0.15) is 23.3 Å². The van der Waals surface area contributed by atoms with Crippen molar-refractivity contribution in [3.05, 3.63) is 69.7 Å². The lowest BCUT2D eigenvalue weighted by Crippen LogP contribution is -2.36. The predicted octanol–water partition coefficient (Wildman–Crippen LogP) is 4.40. The third-order valence-electron chi connectivity index (χ3n) is 3.49. The van der Waals surface area contributed by atoms with E-state index in [0.29, 0.717) is 10.0 Å². The highest BCUT2D eigenvalue weighted by molar-refractivity contribution is 6.42. The molecule has 0 radical (unpaired) electrons. The lowest BCUT2D eigenvalue weighted by Gasteiger charge is -2.32.